The molecule has 1 aliphatic rings. The molecule has 2 aromatic rings. The highest BCUT2D eigenvalue weighted by atomic mass is 35.5. The van der Waals surface area contributed by atoms with E-state index in [1.807, 2.05) is 26.0 Å². The number of halogens is 2. The first-order valence-electron chi connectivity index (χ1n) is 7.02. The number of rotatable bonds is 2. The third-order valence-electron chi connectivity index (χ3n) is 3.77. The van der Waals surface area contributed by atoms with Crippen LogP contribution in [0.25, 0.3) is 5.57 Å². The number of carbonyl (C=O) groups excluding carboxylic acids is 2. The van der Waals surface area contributed by atoms with Gasteiger partial charge in [-0.1, -0.05) is 47.5 Å². The van der Waals surface area contributed by atoms with Gasteiger partial charge in [-0.25, -0.2) is 4.90 Å². The molecule has 1 heterocycles. The van der Waals surface area contributed by atoms with E-state index in [0.717, 1.165) is 16.0 Å². The average molecular weight is 346 g/mol. The molecule has 0 saturated carbocycles. The monoisotopic (exact) mass is 345 g/mol. The van der Waals surface area contributed by atoms with Gasteiger partial charge in [-0.2, -0.15) is 0 Å². The van der Waals surface area contributed by atoms with E-state index in [4.69, 9.17) is 23.2 Å². The zero-order valence-electron chi connectivity index (χ0n) is 12.6. The Bertz CT molecular complexity index is 854. The third kappa shape index (κ3) is 2.67. The summed E-state index contributed by atoms with van der Waals surface area (Å²) >= 11 is 12.0. The van der Waals surface area contributed by atoms with E-state index in [2.05, 4.69) is 0 Å². The number of nitrogens with zero attached hydrogens (tertiary/aromatic N) is 1. The SMILES string of the molecule is Cc1ccc(C)c(N2C(=O)C(Cl)=C(c3ccc(Cl)cc3)C2=O)c1. The fourth-order valence-electron chi connectivity index (χ4n) is 2.55. The number of imide groups is 1. The van der Waals surface area contributed by atoms with Crippen LogP contribution in [-0.4, -0.2) is 11.8 Å². The summed E-state index contributed by atoms with van der Waals surface area (Å²) in [5.74, 6) is -0.925. The highest BCUT2D eigenvalue weighted by Gasteiger charge is 2.39. The molecule has 1 aliphatic heterocycles. The van der Waals surface area contributed by atoms with Gasteiger partial charge in [0.05, 0.1) is 11.3 Å². The number of benzene rings is 2. The molecule has 0 N–H and O–H groups in total. The summed E-state index contributed by atoms with van der Waals surface area (Å²) in [6.07, 6.45) is 0. The molecule has 0 aliphatic carbocycles. The number of carbonyl (C=O) groups is 2. The summed E-state index contributed by atoms with van der Waals surface area (Å²) in [6, 6.07) is 12.3. The van der Waals surface area contributed by atoms with Gasteiger partial charge in [-0.3, -0.25) is 9.59 Å². The quantitative estimate of drug-likeness (QED) is 0.752. The standard InChI is InChI=1S/C18H13Cl2NO2/c1-10-3-4-11(2)14(9-10)21-17(22)15(16(20)18(21)23)12-5-7-13(19)8-6-12/h3-9H,1-2H3. The minimum absolute atomic E-state index is 0.0711. The van der Waals surface area contributed by atoms with Gasteiger partial charge in [-0.05, 0) is 48.7 Å². The molecule has 116 valence electrons. The molecule has 0 atom stereocenters. The Morgan fingerprint density at radius 2 is 1.52 bits per heavy atom. The summed E-state index contributed by atoms with van der Waals surface area (Å²) in [7, 11) is 0. The molecule has 0 aromatic heterocycles. The molecule has 0 fully saturated rings. The molecule has 5 heteroatoms. The molecule has 2 aromatic carbocycles. The Balaban J connectivity index is 2.09. The number of anilines is 1. The van der Waals surface area contributed by atoms with Crippen LogP contribution < -0.4 is 4.90 Å². The summed E-state index contributed by atoms with van der Waals surface area (Å²) in [5.41, 5.74) is 3.13. The van der Waals surface area contributed by atoms with Gasteiger partial charge in [0.15, 0.2) is 0 Å². The maximum Gasteiger partial charge on any atom is 0.277 e. The van der Waals surface area contributed by atoms with Gasteiger partial charge in [0.1, 0.15) is 5.03 Å². The molecule has 23 heavy (non-hydrogen) atoms. The molecular formula is C18H13Cl2NO2. The lowest BCUT2D eigenvalue weighted by molar-refractivity contribution is -0.119. The fourth-order valence-corrected chi connectivity index (χ4v) is 2.95. The maximum absolute atomic E-state index is 12.8. The van der Waals surface area contributed by atoms with Crippen molar-refractivity contribution < 1.29 is 9.59 Å². The van der Waals surface area contributed by atoms with E-state index in [9.17, 15) is 9.59 Å². The van der Waals surface area contributed by atoms with Crippen LogP contribution in [0.3, 0.4) is 0 Å². The van der Waals surface area contributed by atoms with Crippen molar-refractivity contribution in [3.8, 4) is 0 Å². The zero-order chi connectivity index (χ0) is 16.7. The predicted molar refractivity (Wildman–Crippen MR) is 92.6 cm³/mol. The topological polar surface area (TPSA) is 37.4 Å². The number of amides is 2. The fraction of sp³-hybridized carbons (Fsp3) is 0.111. The molecule has 0 unspecified atom stereocenters. The first-order valence-corrected chi connectivity index (χ1v) is 7.77. The van der Waals surface area contributed by atoms with Gasteiger partial charge >= 0.3 is 0 Å². The lowest BCUT2D eigenvalue weighted by Crippen LogP contribution is -2.31. The van der Waals surface area contributed by atoms with Crippen molar-refractivity contribution in [1.29, 1.82) is 0 Å². The van der Waals surface area contributed by atoms with Crippen LogP contribution >= 0.6 is 23.2 Å². The van der Waals surface area contributed by atoms with Crippen molar-refractivity contribution >= 4 is 46.3 Å². The van der Waals surface area contributed by atoms with Crippen LogP contribution in [-0.2, 0) is 9.59 Å². The van der Waals surface area contributed by atoms with E-state index in [1.54, 1.807) is 30.3 Å². The van der Waals surface area contributed by atoms with Gasteiger partial charge in [-0.15, -0.1) is 0 Å². The largest absolute Gasteiger partial charge is 0.277 e. The molecule has 0 bridgehead atoms. The molecule has 0 spiro atoms. The molecule has 0 saturated heterocycles. The summed E-state index contributed by atoms with van der Waals surface area (Å²) < 4.78 is 0. The Morgan fingerprint density at radius 3 is 2.17 bits per heavy atom. The first kappa shape index (κ1) is 15.8. The predicted octanol–water partition coefficient (Wildman–Crippen LogP) is 4.48. The van der Waals surface area contributed by atoms with Gasteiger partial charge in [0.25, 0.3) is 11.8 Å². The van der Waals surface area contributed by atoms with E-state index < -0.39 is 11.8 Å². The summed E-state index contributed by atoms with van der Waals surface area (Å²) in [5, 5.41) is 0.479. The van der Waals surface area contributed by atoms with E-state index >= 15 is 0 Å². The summed E-state index contributed by atoms with van der Waals surface area (Å²) in [6.45, 7) is 3.76. The number of aryl methyl sites for hydroxylation is 2. The normalized spacial score (nSPS) is 14.9. The van der Waals surface area contributed by atoms with E-state index in [-0.39, 0.29) is 10.6 Å². The average Bonchev–Trinajstić information content (AvgIpc) is 2.73. The Kier molecular flexibility index (Phi) is 4.00. The van der Waals surface area contributed by atoms with Crippen molar-refractivity contribution in [2.75, 3.05) is 4.90 Å². The molecule has 2 amide bonds. The summed E-state index contributed by atoms with van der Waals surface area (Å²) in [4.78, 5) is 26.5. The lowest BCUT2D eigenvalue weighted by Gasteiger charge is -2.18. The number of hydrogen-bond acceptors (Lipinski definition) is 2. The van der Waals surface area contributed by atoms with Gasteiger partial charge < -0.3 is 0 Å². The zero-order valence-corrected chi connectivity index (χ0v) is 14.1. The van der Waals surface area contributed by atoms with Crippen LogP contribution in [0.4, 0.5) is 5.69 Å². The van der Waals surface area contributed by atoms with Crippen LogP contribution in [0.15, 0.2) is 47.5 Å². The van der Waals surface area contributed by atoms with Crippen molar-refractivity contribution in [2.45, 2.75) is 13.8 Å². The van der Waals surface area contributed by atoms with Crippen molar-refractivity contribution in [3.63, 3.8) is 0 Å². The van der Waals surface area contributed by atoms with Crippen LogP contribution in [0.5, 0.6) is 0 Å². The Labute approximate surface area is 144 Å². The van der Waals surface area contributed by atoms with E-state index in [0.29, 0.717) is 16.3 Å². The minimum atomic E-state index is -0.504. The van der Waals surface area contributed by atoms with Crippen LogP contribution in [0.2, 0.25) is 5.02 Å². The molecule has 3 nitrogen and oxygen atoms in total. The van der Waals surface area contributed by atoms with Crippen molar-refractivity contribution in [1.82, 2.24) is 0 Å². The molecule has 0 radical (unpaired) electrons. The van der Waals surface area contributed by atoms with Crippen molar-refractivity contribution in [3.05, 3.63) is 69.2 Å². The highest BCUT2D eigenvalue weighted by molar-refractivity contribution is 6.60. The van der Waals surface area contributed by atoms with Crippen LogP contribution in [0, 0.1) is 13.8 Å². The second kappa shape index (κ2) is 5.84. The third-order valence-corrected chi connectivity index (χ3v) is 4.37. The van der Waals surface area contributed by atoms with Gasteiger partial charge in [0, 0.05) is 5.02 Å². The maximum atomic E-state index is 12.8. The second-order valence-electron chi connectivity index (χ2n) is 5.43. The smallest absolute Gasteiger partial charge is 0.268 e. The second-order valence-corrected chi connectivity index (χ2v) is 6.25. The van der Waals surface area contributed by atoms with Crippen LogP contribution in [0.1, 0.15) is 16.7 Å². The Morgan fingerprint density at radius 1 is 0.870 bits per heavy atom. The minimum Gasteiger partial charge on any atom is -0.268 e. The van der Waals surface area contributed by atoms with Gasteiger partial charge in [0.2, 0.25) is 0 Å². The highest BCUT2D eigenvalue weighted by Crippen LogP contribution is 2.36. The Hall–Kier alpha value is -2.10. The molecular weight excluding hydrogens is 333 g/mol. The first-order chi connectivity index (χ1) is 10.9. The lowest BCUT2D eigenvalue weighted by atomic mass is 10.1. The van der Waals surface area contributed by atoms with Crippen molar-refractivity contribution in [2.24, 2.45) is 0 Å². The van der Waals surface area contributed by atoms with E-state index in [1.165, 1.54) is 0 Å². The number of hydrogen-bond donors (Lipinski definition) is 0. The molecule has 3 rings (SSSR count).